The maximum Gasteiger partial charge on any atom is 0.194 e. The third-order valence-corrected chi connectivity index (χ3v) is 3.02. The van der Waals surface area contributed by atoms with Crippen LogP contribution in [-0.2, 0) is 0 Å². The number of rotatable bonds is 2. The van der Waals surface area contributed by atoms with Crippen LogP contribution in [0, 0.1) is 0 Å². The molecule has 0 fully saturated rings. The van der Waals surface area contributed by atoms with E-state index < -0.39 is 0 Å². The molecule has 2 aromatic carbocycles. The Morgan fingerprint density at radius 2 is 1.75 bits per heavy atom. The van der Waals surface area contributed by atoms with E-state index in [0.717, 1.165) is 4.47 Å². The molecule has 0 unspecified atom stereocenters. The first-order valence-electron chi connectivity index (χ1n) is 4.73. The smallest absolute Gasteiger partial charge is 0.194 e. The Hall–Kier alpha value is -1.12. The Bertz CT molecular complexity index is 523. The van der Waals surface area contributed by atoms with Crippen molar-refractivity contribution < 1.29 is 4.79 Å². The molecule has 0 saturated carbocycles. The molecule has 0 atom stereocenters. The van der Waals surface area contributed by atoms with Crippen LogP contribution in [0.3, 0.4) is 0 Å². The number of carbonyl (C=O) groups excluding carboxylic acids is 1. The van der Waals surface area contributed by atoms with Crippen LogP contribution in [0.4, 0.5) is 0 Å². The molecule has 0 spiro atoms. The summed E-state index contributed by atoms with van der Waals surface area (Å²) in [6, 6.07) is 14.4. The first-order chi connectivity index (χ1) is 7.68. The Balaban J connectivity index is 2.42. The van der Waals surface area contributed by atoms with Gasteiger partial charge in [0.25, 0.3) is 0 Å². The maximum atomic E-state index is 12.1. The molecule has 0 heterocycles. The van der Waals surface area contributed by atoms with Gasteiger partial charge < -0.3 is 0 Å². The predicted octanol–water partition coefficient (Wildman–Crippen LogP) is 4.33. The van der Waals surface area contributed by atoms with Crippen LogP contribution in [0.1, 0.15) is 15.9 Å². The Labute approximate surface area is 107 Å². The van der Waals surface area contributed by atoms with E-state index in [2.05, 4.69) is 15.9 Å². The van der Waals surface area contributed by atoms with E-state index in [1.54, 1.807) is 24.3 Å². The van der Waals surface area contributed by atoms with Gasteiger partial charge in [0.15, 0.2) is 5.78 Å². The van der Waals surface area contributed by atoms with E-state index in [9.17, 15) is 4.79 Å². The quantitative estimate of drug-likeness (QED) is 0.754. The maximum absolute atomic E-state index is 12.1. The summed E-state index contributed by atoms with van der Waals surface area (Å²) in [5, 5.41) is 0.461. The molecule has 0 saturated heterocycles. The summed E-state index contributed by atoms with van der Waals surface area (Å²) in [5.74, 6) is -0.0573. The fourth-order valence-corrected chi connectivity index (χ4v) is 2.18. The summed E-state index contributed by atoms with van der Waals surface area (Å²) in [5.41, 5.74) is 1.17. The standard InChI is InChI=1S/C13H8BrClO/c14-10-6-7-11(12(15)8-10)13(16)9-4-2-1-3-5-9/h1-8H. The van der Waals surface area contributed by atoms with Crippen LogP contribution in [0.15, 0.2) is 53.0 Å². The number of benzene rings is 2. The van der Waals surface area contributed by atoms with Gasteiger partial charge in [-0.15, -0.1) is 0 Å². The summed E-state index contributed by atoms with van der Waals surface area (Å²) in [6.07, 6.45) is 0. The Morgan fingerprint density at radius 1 is 1.06 bits per heavy atom. The highest BCUT2D eigenvalue weighted by Crippen LogP contribution is 2.23. The number of ketones is 1. The molecule has 0 amide bonds. The molecule has 0 bridgehead atoms. The first kappa shape index (κ1) is 11.4. The van der Waals surface area contributed by atoms with Crippen molar-refractivity contribution in [2.75, 3.05) is 0 Å². The van der Waals surface area contributed by atoms with Gasteiger partial charge in [0.05, 0.1) is 5.02 Å². The van der Waals surface area contributed by atoms with Crippen molar-refractivity contribution in [2.24, 2.45) is 0 Å². The number of carbonyl (C=O) groups is 1. The van der Waals surface area contributed by atoms with E-state index >= 15 is 0 Å². The highest BCUT2D eigenvalue weighted by molar-refractivity contribution is 9.10. The molecule has 2 rings (SSSR count). The molecule has 0 aliphatic carbocycles. The molecule has 0 radical (unpaired) electrons. The van der Waals surface area contributed by atoms with Crippen molar-refractivity contribution in [1.29, 1.82) is 0 Å². The van der Waals surface area contributed by atoms with Crippen molar-refractivity contribution in [1.82, 2.24) is 0 Å². The normalized spacial score (nSPS) is 10.1. The predicted molar refractivity (Wildman–Crippen MR) is 69.0 cm³/mol. The van der Waals surface area contributed by atoms with Gasteiger partial charge in [0.2, 0.25) is 0 Å². The van der Waals surface area contributed by atoms with Crippen LogP contribution in [0.2, 0.25) is 5.02 Å². The second kappa shape index (κ2) is 4.81. The monoisotopic (exact) mass is 294 g/mol. The molecule has 1 nitrogen and oxygen atoms in total. The number of hydrogen-bond acceptors (Lipinski definition) is 1. The zero-order chi connectivity index (χ0) is 11.5. The topological polar surface area (TPSA) is 17.1 Å². The molecular weight excluding hydrogens is 287 g/mol. The zero-order valence-corrected chi connectivity index (χ0v) is 10.6. The summed E-state index contributed by atoms with van der Waals surface area (Å²) in [7, 11) is 0. The van der Waals surface area contributed by atoms with Crippen LogP contribution in [-0.4, -0.2) is 5.78 Å². The second-order valence-corrected chi connectivity index (χ2v) is 4.64. The summed E-state index contributed by atoms with van der Waals surface area (Å²) >= 11 is 9.33. The molecule has 16 heavy (non-hydrogen) atoms. The van der Waals surface area contributed by atoms with Crippen LogP contribution < -0.4 is 0 Å². The van der Waals surface area contributed by atoms with Gasteiger partial charge in [0, 0.05) is 15.6 Å². The van der Waals surface area contributed by atoms with Crippen molar-refractivity contribution in [3.63, 3.8) is 0 Å². The minimum absolute atomic E-state index is 0.0573. The molecule has 0 N–H and O–H groups in total. The molecule has 0 aliphatic heterocycles. The highest BCUT2D eigenvalue weighted by Gasteiger charge is 2.12. The van der Waals surface area contributed by atoms with Gasteiger partial charge in [-0.1, -0.05) is 57.9 Å². The Morgan fingerprint density at radius 3 is 2.38 bits per heavy atom. The average Bonchev–Trinajstić information content (AvgIpc) is 2.29. The van der Waals surface area contributed by atoms with Crippen LogP contribution >= 0.6 is 27.5 Å². The number of halogens is 2. The highest BCUT2D eigenvalue weighted by atomic mass is 79.9. The largest absolute Gasteiger partial charge is 0.289 e. The summed E-state index contributed by atoms with van der Waals surface area (Å²) in [6.45, 7) is 0. The first-order valence-corrected chi connectivity index (χ1v) is 5.90. The third-order valence-electron chi connectivity index (χ3n) is 2.21. The number of hydrogen-bond donors (Lipinski definition) is 0. The minimum atomic E-state index is -0.0573. The lowest BCUT2D eigenvalue weighted by atomic mass is 10.0. The van der Waals surface area contributed by atoms with Gasteiger partial charge in [0.1, 0.15) is 0 Å². The van der Waals surface area contributed by atoms with Gasteiger partial charge in [-0.05, 0) is 18.2 Å². The molecule has 2 aromatic rings. The van der Waals surface area contributed by atoms with Crippen LogP contribution in [0.5, 0.6) is 0 Å². The summed E-state index contributed by atoms with van der Waals surface area (Å²) < 4.78 is 0.863. The third kappa shape index (κ3) is 2.34. The average molecular weight is 296 g/mol. The lowest BCUT2D eigenvalue weighted by Crippen LogP contribution is -2.01. The Kier molecular flexibility index (Phi) is 3.42. The molecular formula is C13H8BrClO. The van der Waals surface area contributed by atoms with E-state index in [1.807, 2.05) is 24.3 Å². The lowest BCUT2D eigenvalue weighted by molar-refractivity contribution is 0.103. The van der Waals surface area contributed by atoms with Crippen molar-refractivity contribution >= 4 is 33.3 Å². The molecule has 3 heteroatoms. The van der Waals surface area contributed by atoms with E-state index in [1.165, 1.54) is 0 Å². The fourth-order valence-electron chi connectivity index (χ4n) is 1.42. The van der Waals surface area contributed by atoms with Crippen molar-refractivity contribution in [2.45, 2.75) is 0 Å². The molecule has 0 aliphatic rings. The van der Waals surface area contributed by atoms with E-state index in [-0.39, 0.29) is 5.78 Å². The SMILES string of the molecule is O=C(c1ccccc1)c1ccc(Br)cc1Cl. The minimum Gasteiger partial charge on any atom is -0.289 e. The van der Waals surface area contributed by atoms with Crippen molar-refractivity contribution in [3.05, 3.63) is 69.2 Å². The van der Waals surface area contributed by atoms with Crippen molar-refractivity contribution in [3.8, 4) is 0 Å². The van der Waals surface area contributed by atoms with E-state index in [4.69, 9.17) is 11.6 Å². The fraction of sp³-hybridized carbons (Fsp3) is 0. The lowest BCUT2D eigenvalue weighted by Gasteiger charge is -2.03. The van der Waals surface area contributed by atoms with Gasteiger partial charge in [-0.3, -0.25) is 4.79 Å². The van der Waals surface area contributed by atoms with Crippen LogP contribution in [0.25, 0.3) is 0 Å². The molecule has 0 aromatic heterocycles. The zero-order valence-electron chi connectivity index (χ0n) is 8.28. The van der Waals surface area contributed by atoms with Gasteiger partial charge in [-0.2, -0.15) is 0 Å². The van der Waals surface area contributed by atoms with Gasteiger partial charge in [-0.25, -0.2) is 0 Å². The second-order valence-electron chi connectivity index (χ2n) is 3.32. The van der Waals surface area contributed by atoms with E-state index in [0.29, 0.717) is 16.1 Å². The molecule has 80 valence electrons. The summed E-state index contributed by atoms with van der Waals surface area (Å²) in [4.78, 5) is 12.1. The van der Waals surface area contributed by atoms with Gasteiger partial charge >= 0.3 is 0 Å².